The molecule has 1 saturated carbocycles. The molecule has 9 nitrogen and oxygen atoms in total. The van der Waals surface area contributed by atoms with Gasteiger partial charge in [-0.2, -0.15) is 0 Å². The number of nitrogens with zero attached hydrogens (tertiary/aromatic N) is 4. The van der Waals surface area contributed by atoms with Gasteiger partial charge in [0, 0.05) is 20.5 Å². The number of thiophene rings is 1. The van der Waals surface area contributed by atoms with Crippen LogP contribution in [0.1, 0.15) is 106 Å². The zero-order valence-electron chi connectivity index (χ0n) is 25.6. The van der Waals surface area contributed by atoms with E-state index < -0.39 is 17.9 Å². The fourth-order valence-electron chi connectivity index (χ4n) is 6.13. The van der Waals surface area contributed by atoms with Crippen molar-refractivity contribution in [2.75, 3.05) is 0 Å². The molecule has 2 heterocycles. The molecule has 0 bridgehead atoms. The van der Waals surface area contributed by atoms with E-state index in [4.69, 9.17) is 39.3 Å². The van der Waals surface area contributed by atoms with Crippen molar-refractivity contribution < 1.29 is 9.59 Å². The molecule has 1 spiro atoms. The summed E-state index contributed by atoms with van der Waals surface area (Å²) in [5.41, 5.74) is 14.7. The molecule has 2 aromatic rings. The lowest BCUT2D eigenvalue weighted by molar-refractivity contribution is -0.133. The largest absolute Gasteiger partial charge is 0.308 e. The Morgan fingerprint density at radius 1 is 1.09 bits per heavy atom. The van der Waals surface area contributed by atoms with Crippen LogP contribution in [0.25, 0.3) is 0 Å². The number of benzene rings is 1. The number of hydrogen-bond acceptors (Lipinski definition) is 8. The number of hydrogen-bond donors (Lipinski definition) is 3. The Hall–Kier alpha value is -2.69. The first-order valence-corrected chi connectivity index (χ1v) is 16.2. The van der Waals surface area contributed by atoms with Gasteiger partial charge in [0.15, 0.2) is 0 Å². The number of rotatable bonds is 9. The standard InChI is InChI=1S/C31H41Cl2N7O2S/c1-29(2,3)12-11-22(23-7-8-24(43-23)26(41)36-28(38-34)39-35)40-27(42)25(18-15-20(32)17-21(33)16-18)37-31(40)13-9-19(10-14-31)30(4,5)6/h7-8,15-17,19,22,28,34-35H,9-14H2,1-6H3,(H,36,41). The van der Waals surface area contributed by atoms with Crippen molar-refractivity contribution in [3.63, 3.8) is 0 Å². The van der Waals surface area contributed by atoms with Gasteiger partial charge in [0.05, 0.1) is 10.9 Å². The van der Waals surface area contributed by atoms with Crippen molar-refractivity contribution in [3.8, 4) is 0 Å². The molecule has 1 aliphatic carbocycles. The Morgan fingerprint density at radius 3 is 2.23 bits per heavy atom. The molecular weight excluding hydrogens is 605 g/mol. The van der Waals surface area contributed by atoms with Crippen molar-refractivity contribution in [3.05, 3.63) is 55.7 Å². The van der Waals surface area contributed by atoms with Crippen LogP contribution in [-0.2, 0) is 4.79 Å². The average Bonchev–Trinajstić information content (AvgIpc) is 3.50. The number of carbonyl (C=O) groups excluding carboxylic acids is 2. The summed E-state index contributed by atoms with van der Waals surface area (Å²) in [4.78, 5) is 36.0. The van der Waals surface area contributed by atoms with Gasteiger partial charge in [0.1, 0.15) is 11.4 Å². The SMILES string of the molecule is CC(C)(C)CCC(c1ccc(C(=O)NC(N=N)N=N)s1)N1C(=O)C(c2cc(Cl)cc(Cl)c2)=NC12CCC(C(C)(C)C)CC2. The quantitative estimate of drug-likeness (QED) is 0.234. The summed E-state index contributed by atoms with van der Waals surface area (Å²) < 4.78 is 0. The van der Waals surface area contributed by atoms with Crippen LogP contribution >= 0.6 is 34.5 Å². The van der Waals surface area contributed by atoms with Gasteiger partial charge in [-0.05, 0) is 85.6 Å². The normalized spacial score (nSPS) is 22.3. The molecule has 12 heteroatoms. The van der Waals surface area contributed by atoms with Crippen LogP contribution in [-0.4, -0.2) is 34.4 Å². The minimum Gasteiger partial charge on any atom is -0.308 e. The second-order valence-electron chi connectivity index (χ2n) is 13.8. The predicted octanol–water partition coefficient (Wildman–Crippen LogP) is 9.26. The second-order valence-corrected chi connectivity index (χ2v) is 15.8. The van der Waals surface area contributed by atoms with Crippen LogP contribution in [0.2, 0.25) is 10.0 Å². The molecule has 3 N–H and O–H groups in total. The van der Waals surface area contributed by atoms with Crippen molar-refractivity contribution in [2.45, 2.75) is 98.1 Å². The minimum atomic E-state index is -1.27. The second kappa shape index (κ2) is 12.7. The Morgan fingerprint density at radius 2 is 1.70 bits per heavy atom. The summed E-state index contributed by atoms with van der Waals surface area (Å²) in [6.07, 6.45) is 3.63. The molecular formula is C31H41Cl2N7O2S. The smallest absolute Gasteiger partial charge is 0.275 e. The number of carbonyl (C=O) groups is 2. The van der Waals surface area contributed by atoms with Crippen molar-refractivity contribution in [2.24, 2.45) is 32.0 Å². The summed E-state index contributed by atoms with van der Waals surface area (Å²) in [5.74, 6) is -0.119. The summed E-state index contributed by atoms with van der Waals surface area (Å²) in [6, 6.07) is 8.42. The van der Waals surface area contributed by atoms with Gasteiger partial charge in [-0.1, -0.05) is 64.7 Å². The van der Waals surface area contributed by atoms with Crippen LogP contribution in [0, 0.1) is 27.8 Å². The van der Waals surface area contributed by atoms with Crippen LogP contribution in [0.15, 0.2) is 45.6 Å². The minimum absolute atomic E-state index is 0.0121. The maximum absolute atomic E-state index is 14.6. The molecule has 2 aliphatic rings. The van der Waals surface area contributed by atoms with Crippen molar-refractivity contribution in [1.29, 1.82) is 11.1 Å². The molecule has 1 atom stereocenters. The Bertz CT molecular complexity index is 1390. The van der Waals surface area contributed by atoms with Gasteiger partial charge in [0.25, 0.3) is 18.1 Å². The maximum Gasteiger partial charge on any atom is 0.275 e. The van der Waals surface area contributed by atoms with E-state index in [1.165, 1.54) is 11.3 Å². The molecule has 2 amide bonds. The molecule has 1 aromatic heterocycles. The number of nitrogens with one attached hydrogen (secondary N) is 3. The molecule has 0 radical (unpaired) electrons. The molecule has 232 valence electrons. The Labute approximate surface area is 267 Å². The van der Waals surface area contributed by atoms with Gasteiger partial charge in [-0.25, -0.2) is 11.1 Å². The zero-order valence-corrected chi connectivity index (χ0v) is 28.0. The fourth-order valence-corrected chi connectivity index (χ4v) is 7.69. The van der Waals surface area contributed by atoms with Crippen molar-refractivity contribution in [1.82, 2.24) is 10.2 Å². The molecule has 1 fully saturated rings. The lowest BCUT2D eigenvalue weighted by Crippen LogP contribution is -2.51. The molecule has 1 unspecified atom stereocenters. The Balaban J connectivity index is 1.79. The average molecular weight is 647 g/mol. The van der Waals surface area contributed by atoms with E-state index in [0.29, 0.717) is 38.5 Å². The van der Waals surface area contributed by atoms with Gasteiger partial charge in [-0.3, -0.25) is 14.6 Å². The predicted molar refractivity (Wildman–Crippen MR) is 171 cm³/mol. The molecule has 0 saturated heterocycles. The highest BCUT2D eigenvalue weighted by Gasteiger charge is 2.53. The van der Waals surface area contributed by atoms with E-state index in [0.717, 1.165) is 37.0 Å². The molecule has 4 rings (SSSR count). The van der Waals surface area contributed by atoms with Gasteiger partial charge >= 0.3 is 0 Å². The zero-order chi connectivity index (χ0) is 31.7. The third-order valence-electron chi connectivity index (χ3n) is 8.50. The third-order valence-corrected chi connectivity index (χ3v) is 10.1. The first kappa shape index (κ1) is 33.2. The van der Waals surface area contributed by atoms with Crippen molar-refractivity contribution >= 4 is 52.1 Å². The van der Waals surface area contributed by atoms with Crippen LogP contribution in [0.3, 0.4) is 0 Å². The van der Waals surface area contributed by atoms with Crippen LogP contribution in [0.4, 0.5) is 0 Å². The van der Waals surface area contributed by atoms with E-state index in [2.05, 4.69) is 57.1 Å². The third kappa shape index (κ3) is 7.52. The van der Waals surface area contributed by atoms with E-state index in [1.54, 1.807) is 24.3 Å². The summed E-state index contributed by atoms with van der Waals surface area (Å²) in [6.45, 7) is 13.3. The fraction of sp³-hybridized carbons (Fsp3) is 0.581. The lowest BCUT2D eigenvalue weighted by atomic mass is 9.69. The maximum atomic E-state index is 14.6. The molecule has 1 aromatic carbocycles. The monoisotopic (exact) mass is 645 g/mol. The first-order valence-electron chi connectivity index (χ1n) is 14.6. The topological polar surface area (TPSA) is 134 Å². The number of amides is 2. The highest BCUT2D eigenvalue weighted by Crippen LogP contribution is 2.51. The number of aliphatic imine (C=N–C) groups is 1. The van der Waals surface area contributed by atoms with Crippen LogP contribution in [0.5, 0.6) is 0 Å². The highest BCUT2D eigenvalue weighted by atomic mass is 35.5. The lowest BCUT2D eigenvalue weighted by Gasteiger charge is -2.47. The summed E-state index contributed by atoms with van der Waals surface area (Å²) >= 11 is 14.0. The van der Waals surface area contributed by atoms with Gasteiger partial charge < -0.3 is 10.2 Å². The Kier molecular flexibility index (Phi) is 9.83. The van der Waals surface area contributed by atoms with Gasteiger partial charge in [0.2, 0.25) is 0 Å². The molecule has 1 aliphatic heterocycles. The number of halogens is 2. The van der Waals surface area contributed by atoms with E-state index in [-0.39, 0.29) is 22.8 Å². The van der Waals surface area contributed by atoms with Crippen LogP contribution < -0.4 is 5.32 Å². The van der Waals surface area contributed by atoms with E-state index >= 15 is 0 Å². The summed E-state index contributed by atoms with van der Waals surface area (Å²) in [7, 11) is 0. The highest BCUT2D eigenvalue weighted by molar-refractivity contribution is 7.14. The van der Waals surface area contributed by atoms with E-state index in [9.17, 15) is 9.59 Å². The van der Waals surface area contributed by atoms with E-state index in [1.807, 2.05) is 11.0 Å². The van der Waals surface area contributed by atoms with Gasteiger partial charge in [-0.15, -0.1) is 21.6 Å². The molecule has 43 heavy (non-hydrogen) atoms. The summed E-state index contributed by atoms with van der Waals surface area (Å²) in [5, 5.41) is 9.66. The first-order chi connectivity index (χ1) is 20.1.